The zero-order valence-corrected chi connectivity index (χ0v) is 13.3. The highest BCUT2D eigenvalue weighted by molar-refractivity contribution is 6.00. The fraction of sp³-hybridized carbons (Fsp3) is 0.350. The highest BCUT2D eigenvalue weighted by Gasteiger charge is 2.43. The van der Waals surface area contributed by atoms with Crippen molar-refractivity contribution in [1.82, 2.24) is 0 Å². The Bertz CT molecular complexity index is 677. The average Bonchev–Trinajstić information content (AvgIpc) is 3.27. The molecule has 0 radical (unpaired) electrons. The maximum atomic E-state index is 13.0. The summed E-state index contributed by atoms with van der Waals surface area (Å²) in [6.45, 7) is 6.49. The lowest BCUT2D eigenvalue weighted by Crippen LogP contribution is -2.11. The molecule has 2 heteroatoms. The van der Waals surface area contributed by atoms with Crippen LogP contribution in [0.25, 0.3) is 0 Å². The topological polar surface area (TPSA) is 17.1 Å². The summed E-state index contributed by atoms with van der Waals surface area (Å²) >= 11 is 0. The van der Waals surface area contributed by atoms with Crippen LogP contribution in [0.4, 0.5) is 4.39 Å². The number of ketones is 1. The molecule has 1 aliphatic rings. The number of rotatable bonds is 3. The van der Waals surface area contributed by atoms with E-state index in [4.69, 9.17) is 0 Å². The molecule has 2 aromatic rings. The maximum Gasteiger partial charge on any atom is 0.166 e. The zero-order chi connectivity index (χ0) is 15.9. The van der Waals surface area contributed by atoms with Gasteiger partial charge >= 0.3 is 0 Å². The van der Waals surface area contributed by atoms with Crippen LogP contribution in [0.3, 0.4) is 0 Å². The second-order valence-electron chi connectivity index (χ2n) is 7.19. The molecule has 114 valence electrons. The number of halogens is 1. The minimum Gasteiger partial charge on any atom is -0.294 e. The van der Waals surface area contributed by atoms with E-state index in [1.165, 1.54) is 17.7 Å². The van der Waals surface area contributed by atoms with E-state index in [-0.39, 0.29) is 28.9 Å². The SMILES string of the molecule is CC(C)(C)c1ccc(C(=O)C2CC2c2ccc(F)cc2)cc1. The number of benzene rings is 2. The van der Waals surface area contributed by atoms with E-state index in [0.29, 0.717) is 0 Å². The monoisotopic (exact) mass is 296 g/mol. The van der Waals surface area contributed by atoms with E-state index in [1.807, 2.05) is 24.3 Å². The lowest BCUT2D eigenvalue weighted by molar-refractivity contribution is 0.0965. The summed E-state index contributed by atoms with van der Waals surface area (Å²) in [5.41, 5.74) is 3.17. The summed E-state index contributed by atoms with van der Waals surface area (Å²) in [7, 11) is 0. The normalized spacial score (nSPS) is 20.7. The van der Waals surface area contributed by atoms with Gasteiger partial charge in [-0.1, -0.05) is 57.2 Å². The van der Waals surface area contributed by atoms with Crippen molar-refractivity contribution in [3.8, 4) is 0 Å². The molecular formula is C20H21FO. The molecule has 2 unspecified atom stereocenters. The minimum absolute atomic E-state index is 0.0472. The molecule has 0 amide bonds. The standard InChI is InChI=1S/C20H21FO/c1-20(2,3)15-8-4-14(5-9-15)19(22)18-12-17(18)13-6-10-16(21)11-7-13/h4-11,17-18H,12H2,1-3H3. The first-order chi connectivity index (χ1) is 10.4. The molecule has 1 saturated carbocycles. The van der Waals surface area contributed by atoms with Crippen molar-refractivity contribution in [3.63, 3.8) is 0 Å². The van der Waals surface area contributed by atoms with Gasteiger partial charge in [-0.3, -0.25) is 4.79 Å². The Morgan fingerprint density at radius 1 is 1.00 bits per heavy atom. The lowest BCUT2D eigenvalue weighted by atomic mass is 9.86. The van der Waals surface area contributed by atoms with Crippen molar-refractivity contribution in [2.24, 2.45) is 5.92 Å². The number of Topliss-reactive ketones (excluding diaryl/α,β-unsaturated/α-hetero) is 1. The molecule has 1 nitrogen and oxygen atoms in total. The van der Waals surface area contributed by atoms with Crippen molar-refractivity contribution in [1.29, 1.82) is 0 Å². The Hall–Kier alpha value is -1.96. The highest BCUT2D eigenvalue weighted by atomic mass is 19.1. The molecular weight excluding hydrogens is 275 g/mol. The number of carbonyl (C=O) groups excluding carboxylic acids is 1. The second-order valence-corrected chi connectivity index (χ2v) is 7.19. The molecule has 0 saturated heterocycles. The van der Waals surface area contributed by atoms with Gasteiger partial charge in [-0.15, -0.1) is 0 Å². The fourth-order valence-electron chi connectivity index (χ4n) is 2.91. The molecule has 22 heavy (non-hydrogen) atoms. The summed E-state index contributed by atoms with van der Waals surface area (Å²) in [6, 6.07) is 14.5. The Kier molecular flexibility index (Phi) is 3.64. The van der Waals surface area contributed by atoms with Crippen LogP contribution in [0.15, 0.2) is 48.5 Å². The Morgan fingerprint density at radius 2 is 1.59 bits per heavy atom. The first-order valence-corrected chi connectivity index (χ1v) is 7.76. The molecule has 2 aromatic carbocycles. The van der Waals surface area contributed by atoms with Crippen LogP contribution in [-0.2, 0) is 5.41 Å². The van der Waals surface area contributed by atoms with Gasteiger partial charge in [0.2, 0.25) is 0 Å². The number of hydrogen-bond donors (Lipinski definition) is 0. The molecule has 0 bridgehead atoms. The van der Waals surface area contributed by atoms with Gasteiger partial charge in [-0.05, 0) is 41.0 Å². The maximum absolute atomic E-state index is 13.0. The molecule has 0 heterocycles. The third-order valence-electron chi connectivity index (χ3n) is 4.46. The average molecular weight is 296 g/mol. The van der Waals surface area contributed by atoms with Crippen LogP contribution in [-0.4, -0.2) is 5.78 Å². The largest absolute Gasteiger partial charge is 0.294 e. The van der Waals surface area contributed by atoms with E-state index in [9.17, 15) is 9.18 Å². The van der Waals surface area contributed by atoms with Crippen molar-refractivity contribution in [2.75, 3.05) is 0 Å². The van der Waals surface area contributed by atoms with Gasteiger partial charge in [0.25, 0.3) is 0 Å². The van der Waals surface area contributed by atoms with Gasteiger partial charge in [0.05, 0.1) is 0 Å². The molecule has 0 aliphatic heterocycles. The van der Waals surface area contributed by atoms with Crippen LogP contribution in [0.5, 0.6) is 0 Å². The summed E-state index contributed by atoms with van der Waals surface area (Å²) in [4.78, 5) is 12.5. The van der Waals surface area contributed by atoms with Crippen molar-refractivity contribution in [3.05, 3.63) is 71.0 Å². The number of hydrogen-bond acceptors (Lipinski definition) is 1. The second kappa shape index (κ2) is 5.35. The predicted octanol–water partition coefficient (Wildman–Crippen LogP) is 5.11. The van der Waals surface area contributed by atoms with Gasteiger partial charge in [0.1, 0.15) is 5.82 Å². The molecule has 3 rings (SSSR count). The van der Waals surface area contributed by atoms with Crippen molar-refractivity contribution in [2.45, 2.75) is 38.5 Å². The fourth-order valence-corrected chi connectivity index (χ4v) is 2.91. The minimum atomic E-state index is -0.231. The van der Waals surface area contributed by atoms with Crippen LogP contribution >= 0.6 is 0 Å². The smallest absolute Gasteiger partial charge is 0.166 e. The molecule has 2 atom stereocenters. The Balaban J connectivity index is 1.72. The summed E-state index contributed by atoms with van der Waals surface area (Å²) in [5, 5.41) is 0. The summed E-state index contributed by atoms with van der Waals surface area (Å²) in [6.07, 6.45) is 0.867. The van der Waals surface area contributed by atoms with Crippen LogP contribution in [0, 0.1) is 11.7 Å². The quantitative estimate of drug-likeness (QED) is 0.719. The van der Waals surface area contributed by atoms with Gasteiger partial charge in [0, 0.05) is 11.5 Å². The lowest BCUT2D eigenvalue weighted by Gasteiger charge is -2.19. The van der Waals surface area contributed by atoms with Crippen LogP contribution in [0.2, 0.25) is 0 Å². The van der Waals surface area contributed by atoms with Crippen LogP contribution < -0.4 is 0 Å². The Labute approximate surface area is 131 Å². The molecule has 1 fully saturated rings. The van der Waals surface area contributed by atoms with Gasteiger partial charge < -0.3 is 0 Å². The molecule has 1 aliphatic carbocycles. The molecule has 0 spiro atoms. The van der Waals surface area contributed by atoms with Crippen LogP contribution in [0.1, 0.15) is 54.6 Å². The Morgan fingerprint density at radius 3 is 2.14 bits per heavy atom. The first kappa shape index (κ1) is 15.0. The van der Waals surface area contributed by atoms with E-state index in [1.54, 1.807) is 12.1 Å². The summed E-state index contributed by atoms with van der Waals surface area (Å²) < 4.78 is 13.0. The van der Waals surface area contributed by atoms with Crippen molar-refractivity contribution >= 4 is 5.78 Å². The zero-order valence-electron chi connectivity index (χ0n) is 13.3. The summed E-state index contributed by atoms with van der Waals surface area (Å²) in [5.74, 6) is 0.265. The molecule has 0 aromatic heterocycles. The van der Waals surface area contributed by atoms with E-state index in [0.717, 1.165) is 17.5 Å². The third kappa shape index (κ3) is 2.96. The van der Waals surface area contributed by atoms with E-state index >= 15 is 0 Å². The van der Waals surface area contributed by atoms with Crippen molar-refractivity contribution < 1.29 is 9.18 Å². The van der Waals surface area contributed by atoms with E-state index < -0.39 is 0 Å². The first-order valence-electron chi connectivity index (χ1n) is 7.76. The predicted molar refractivity (Wildman–Crippen MR) is 86.7 cm³/mol. The molecule has 0 N–H and O–H groups in total. The number of carbonyl (C=O) groups is 1. The van der Waals surface area contributed by atoms with Gasteiger partial charge in [-0.2, -0.15) is 0 Å². The highest BCUT2D eigenvalue weighted by Crippen LogP contribution is 2.49. The van der Waals surface area contributed by atoms with Gasteiger partial charge in [0.15, 0.2) is 5.78 Å². The van der Waals surface area contributed by atoms with E-state index in [2.05, 4.69) is 20.8 Å². The van der Waals surface area contributed by atoms with Gasteiger partial charge in [-0.25, -0.2) is 4.39 Å². The third-order valence-corrected chi connectivity index (χ3v) is 4.46.